The molecule has 160 valence electrons. The molecular weight excluding hydrogens is 388 g/mol. The molecule has 1 saturated heterocycles. The van der Waals surface area contributed by atoms with E-state index < -0.39 is 11.8 Å². The van der Waals surface area contributed by atoms with Crippen LogP contribution in [0.5, 0.6) is 5.75 Å². The summed E-state index contributed by atoms with van der Waals surface area (Å²) in [6.45, 7) is 3.27. The number of hydrogen-bond donors (Lipinski definition) is 2. The third kappa shape index (κ3) is 6.08. The Morgan fingerprint density at radius 3 is 2.37 bits per heavy atom. The van der Waals surface area contributed by atoms with Crippen molar-refractivity contribution in [1.29, 1.82) is 0 Å². The number of nitrogens with zero attached hydrogens (tertiary/aromatic N) is 2. The van der Waals surface area contributed by atoms with E-state index in [0.29, 0.717) is 13.1 Å². The quantitative estimate of drug-likeness (QED) is 0.651. The number of methoxy groups -OCH3 is 1. The molecule has 3 amide bonds. The fraction of sp³-hybridized carbons (Fsp3) is 0.381. The molecule has 9 nitrogen and oxygen atoms in total. The molecule has 0 unspecified atom stereocenters. The van der Waals surface area contributed by atoms with E-state index in [9.17, 15) is 14.4 Å². The van der Waals surface area contributed by atoms with E-state index in [-0.39, 0.29) is 24.8 Å². The molecule has 3 rings (SSSR count). The maximum absolute atomic E-state index is 12.3. The van der Waals surface area contributed by atoms with Crippen molar-refractivity contribution >= 4 is 17.7 Å². The van der Waals surface area contributed by atoms with Crippen LogP contribution in [0.3, 0.4) is 0 Å². The van der Waals surface area contributed by atoms with Gasteiger partial charge in [0.2, 0.25) is 11.8 Å². The second kappa shape index (κ2) is 10.4. The highest BCUT2D eigenvalue weighted by Crippen LogP contribution is 2.14. The summed E-state index contributed by atoms with van der Waals surface area (Å²) < 4.78 is 10.1. The van der Waals surface area contributed by atoms with Gasteiger partial charge in [-0.05, 0) is 29.8 Å². The Morgan fingerprint density at radius 2 is 1.73 bits per heavy atom. The highest BCUT2D eigenvalue weighted by Gasteiger charge is 2.21. The Morgan fingerprint density at radius 1 is 1.00 bits per heavy atom. The molecule has 0 atom stereocenters. The molecular formula is C21H26N4O5. The van der Waals surface area contributed by atoms with E-state index in [1.54, 1.807) is 18.1 Å². The van der Waals surface area contributed by atoms with E-state index in [2.05, 4.69) is 15.5 Å². The van der Waals surface area contributed by atoms with Crippen LogP contribution in [0.15, 0.2) is 47.1 Å². The summed E-state index contributed by atoms with van der Waals surface area (Å²) in [5, 5.41) is 4.98. The zero-order valence-corrected chi connectivity index (χ0v) is 16.9. The van der Waals surface area contributed by atoms with Gasteiger partial charge in [-0.2, -0.15) is 0 Å². The molecule has 0 radical (unpaired) electrons. The van der Waals surface area contributed by atoms with Gasteiger partial charge in [-0.3, -0.25) is 19.3 Å². The van der Waals surface area contributed by atoms with Crippen LogP contribution in [-0.2, 0) is 16.1 Å². The van der Waals surface area contributed by atoms with E-state index in [1.165, 1.54) is 17.9 Å². The number of amides is 3. The van der Waals surface area contributed by atoms with Gasteiger partial charge in [0.25, 0.3) is 5.91 Å². The predicted octanol–water partition coefficient (Wildman–Crippen LogP) is 0.479. The molecule has 30 heavy (non-hydrogen) atoms. The molecule has 0 saturated carbocycles. The summed E-state index contributed by atoms with van der Waals surface area (Å²) in [4.78, 5) is 39.9. The molecule has 1 aliphatic heterocycles. The lowest BCUT2D eigenvalue weighted by Gasteiger charge is -2.34. The van der Waals surface area contributed by atoms with Crippen molar-refractivity contribution in [3.8, 4) is 5.75 Å². The second-order valence-electron chi connectivity index (χ2n) is 6.94. The minimum absolute atomic E-state index is 0.0893. The Hall–Kier alpha value is -3.33. The number of carbonyl (C=O) groups is 3. The Kier molecular flexibility index (Phi) is 7.45. The van der Waals surface area contributed by atoms with Gasteiger partial charge in [0.05, 0.1) is 26.5 Å². The van der Waals surface area contributed by atoms with Gasteiger partial charge in [0, 0.05) is 32.7 Å². The number of ether oxygens (including phenoxy) is 1. The van der Waals surface area contributed by atoms with Crippen LogP contribution in [0.1, 0.15) is 16.1 Å². The molecule has 2 N–H and O–H groups in total. The lowest BCUT2D eigenvalue weighted by molar-refractivity contribution is -0.134. The Bertz CT molecular complexity index is 843. The number of carbonyl (C=O) groups excluding carboxylic acids is 3. The highest BCUT2D eigenvalue weighted by molar-refractivity contribution is 5.94. The highest BCUT2D eigenvalue weighted by atomic mass is 16.5. The number of rotatable bonds is 8. The fourth-order valence-electron chi connectivity index (χ4n) is 3.15. The maximum atomic E-state index is 12.3. The van der Waals surface area contributed by atoms with Gasteiger partial charge in [-0.1, -0.05) is 12.1 Å². The van der Waals surface area contributed by atoms with Crippen molar-refractivity contribution in [2.45, 2.75) is 6.54 Å². The van der Waals surface area contributed by atoms with E-state index in [4.69, 9.17) is 9.15 Å². The molecule has 2 aromatic rings. The molecule has 0 bridgehead atoms. The smallest absolute Gasteiger partial charge is 0.287 e. The van der Waals surface area contributed by atoms with Gasteiger partial charge in [0.1, 0.15) is 5.75 Å². The van der Waals surface area contributed by atoms with Crippen LogP contribution in [-0.4, -0.2) is 73.9 Å². The third-order valence-corrected chi connectivity index (χ3v) is 4.88. The van der Waals surface area contributed by atoms with Crippen LogP contribution in [0, 0.1) is 0 Å². The molecule has 1 aromatic carbocycles. The first-order valence-corrected chi connectivity index (χ1v) is 9.76. The van der Waals surface area contributed by atoms with Gasteiger partial charge in [-0.25, -0.2) is 0 Å². The van der Waals surface area contributed by atoms with Gasteiger partial charge >= 0.3 is 0 Å². The summed E-state index contributed by atoms with van der Waals surface area (Å²) in [7, 11) is 1.64. The average molecular weight is 414 g/mol. The summed E-state index contributed by atoms with van der Waals surface area (Å²) in [5.41, 5.74) is 1.19. The van der Waals surface area contributed by atoms with Crippen molar-refractivity contribution in [2.75, 3.05) is 46.4 Å². The van der Waals surface area contributed by atoms with Crippen molar-refractivity contribution in [2.24, 2.45) is 0 Å². The molecule has 1 aromatic heterocycles. The molecule has 1 fully saturated rings. The van der Waals surface area contributed by atoms with Crippen molar-refractivity contribution in [3.63, 3.8) is 0 Å². The summed E-state index contributed by atoms with van der Waals surface area (Å²) in [5.74, 6) is -0.0798. The first kappa shape index (κ1) is 21.4. The second-order valence-corrected chi connectivity index (χ2v) is 6.94. The fourth-order valence-corrected chi connectivity index (χ4v) is 3.15. The topological polar surface area (TPSA) is 104 Å². The van der Waals surface area contributed by atoms with Gasteiger partial charge in [0.15, 0.2) is 5.76 Å². The minimum Gasteiger partial charge on any atom is -0.497 e. The van der Waals surface area contributed by atoms with Crippen molar-refractivity contribution in [1.82, 2.24) is 20.4 Å². The van der Waals surface area contributed by atoms with Crippen LogP contribution in [0.2, 0.25) is 0 Å². The zero-order chi connectivity index (χ0) is 21.3. The zero-order valence-electron chi connectivity index (χ0n) is 16.9. The molecule has 2 heterocycles. The molecule has 0 aliphatic carbocycles. The van der Waals surface area contributed by atoms with E-state index in [0.717, 1.165) is 25.4 Å². The molecule has 9 heteroatoms. The first-order valence-electron chi connectivity index (χ1n) is 9.76. The number of piperazine rings is 1. The summed E-state index contributed by atoms with van der Waals surface area (Å²) in [6.07, 6.45) is 1.38. The van der Waals surface area contributed by atoms with E-state index >= 15 is 0 Å². The van der Waals surface area contributed by atoms with Crippen LogP contribution in [0.25, 0.3) is 0 Å². The number of nitrogens with one attached hydrogen (secondary N) is 2. The number of hydrogen-bond acceptors (Lipinski definition) is 6. The van der Waals surface area contributed by atoms with Crippen LogP contribution in [0.4, 0.5) is 0 Å². The van der Waals surface area contributed by atoms with Crippen LogP contribution >= 0.6 is 0 Å². The average Bonchev–Trinajstić information content (AvgIpc) is 3.32. The lowest BCUT2D eigenvalue weighted by Crippen LogP contribution is -2.51. The van der Waals surface area contributed by atoms with Crippen molar-refractivity contribution in [3.05, 3.63) is 54.0 Å². The third-order valence-electron chi connectivity index (χ3n) is 4.88. The van der Waals surface area contributed by atoms with Crippen molar-refractivity contribution < 1.29 is 23.5 Å². The molecule has 0 spiro atoms. The number of benzene rings is 1. The summed E-state index contributed by atoms with van der Waals surface area (Å²) >= 11 is 0. The van der Waals surface area contributed by atoms with Gasteiger partial charge in [-0.15, -0.1) is 0 Å². The Labute approximate surface area is 175 Å². The number of furan rings is 1. The van der Waals surface area contributed by atoms with Gasteiger partial charge < -0.3 is 24.7 Å². The van der Waals surface area contributed by atoms with Crippen LogP contribution < -0.4 is 15.4 Å². The standard InChI is InChI=1S/C21H26N4O5/c1-29-17-6-4-16(5-7-17)15-24-8-10-25(11-9-24)20(27)14-22-19(26)13-23-21(28)18-3-2-12-30-18/h2-7,12H,8-11,13-15H2,1H3,(H,22,26)(H,23,28). The SMILES string of the molecule is COc1ccc(CN2CCN(C(=O)CNC(=O)CNC(=O)c3ccco3)CC2)cc1. The largest absolute Gasteiger partial charge is 0.497 e. The minimum atomic E-state index is -0.477. The normalized spacial score (nSPS) is 14.2. The van der Waals surface area contributed by atoms with E-state index in [1.807, 2.05) is 24.3 Å². The first-order chi connectivity index (χ1) is 14.5. The maximum Gasteiger partial charge on any atom is 0.287 e. The monoisotopic (exact) mass is 414 g/mol. The molecule has 1 aliphatic rings. The summed E-state index contributed by atoms with van der Waals surface area (Å²) in [6, 6.07) is 11.0. The predicted molar refractivity (Wildman–Crippen MR) is 109 cm³/mol. The Balaban J connectivity index is 1.33. The lowest BCUT2D eigenvalue weighted by atomic mass is 10.2.